The molecule has 3 nitrogen and oxygen atoms in total. The lowest BCUT2D eigenvalue weighted by atomic mass is 9.93. The highest BCUT2D eigenvalue weighted by Crippen LogP contribution is 2.22. The van der Waals surface area contributed by atoms with Crippen LogP contribution >= 0.6 is 0 Å². The fourth-order valence-electron chi connectivity index (χ4n) is 1.45. The number of hydrogen-bond acceptors (Lipinski definition) is 3. The minimum absolute atomic E-state index is 0.0681. The van der Waals surface area contributed by atoms with E-state index in [0.717, 1.165) is 24.3 Å². The van der Waals surface area contributed by atoms with Gasteiger partial charge in [-0.25, -0.2) is 0 Å². The number of aliphatic hydroxyl groups is 1. The summed E-state index contributed by atoms with van der Waals surface area (Å²) in [6.07, 6.45) is 1.01. The first kappa shape index (κ1) is 13.0. The number of likely N-dealkylation sites (N-methyl/N-ethyl adjacent to an activating group) is 1. The third-order valence-electron chi connectivity index (χ3n) is 2.83. The second-order valence-corrected chi connectivity index (χ2v) is 4.11. The van der Waals surface area contributed by atoms with Crippen molar-refractivity contribution in [3.8, 4) is 5.75 Å². The molecule has 0 bridgehead atoms. The summed E-state index contributed by atoms with van der Waals surface area (Å²) in [5.41, 5.74) is 0.671. The number of aliphatic hydroxyl groups excluding tert-OH is 1. The summed E-state index contributed by atoms with van der Waals surface area (Å²) in [4.78, 5) is 0. The number of ether oxygens (including phenoxy) is 1. The van der Waals surface area contributed by atoms with Gasteiger partial charge in [0.1, 0.15) is 5.75 Å². The van der Waals surface area contributed by atoms with Gasteiger partial charge < -0.3 is 15.2 Å². The summed E-state index contributed by atoms with van der Waals surface area (Å²) in [5, 5.41) is 12.5. The van der Waals surface area contributed by atoms with Crippen LogP contribution in [0.3, 0.4) is 0 Å². The second-order valence-electron chi connectivity index (χ2n) is 4.11. The topological polar surface area (TPSA) is 41.5 Å². The van der Waals surface area contributed by atoms with E-state index in [9.17, 15) is 5.11 Å². The fraction of sp³-hybridized carbons (Fsp3) is 0.538. The zero-order valence-electron chi connectivity index (χ0n) is 10.3. The van der Waals surface area contributed by atoms with Crippen LogP contribution in [-0.2, 0) is 5.54 Å². The van der Waals surface area contributed by atoms with Crippen LogP contribution in [0.5, 0.6) is 5.75 Å². The third-order valence-corrected chi connectivity index (χ3v) is 2.83. The predicted molar refractivity (Wildman–Crippen MR) is 65.7 cm³/mol. The van der Waals surface area contributed by atoms with Crippen LogP contribution in [0.1, 0.15) is 25.8 Å². The molecule has 0 aliphatic rings. The van der Waals surface area contributed by atoms with Gasteiger partial charge in [-0.15, -0.1) is 0 Å². The highest BCUT2D eigenvalue weighted by atomic mass is 16.5. The molecule has 0 aliphatic heterocycles. The first-order valence-electron chi connectivity index (χ1n) is 5.69. The number of benzene rings is 1. The van der Waals surface area contributed by atoms with Gasteiger partial charge in [0.25, 0.3) is 0 Å². The van der Waals surface area contributed by atoms with Crippen molar-refractivity contribution in [3.63, 3.8) is 0 Å². The standard InChI is InChI=1S/C13H21NO2/c1-4-9-16-12-7-5-11(6-8-12)13(2,10-15)14-3/h5-8,14-15H,4,9-10H2,1-3H3. The van der Waals surface area contributed by atoms with E-state index in [1.807, 2.05) is 38.2 Å². The lowest BCUT2D eigenvalue weighted by Crippen LogP contribution is -2.40. The number of hydrogen-bond donors (Lipinski definition) is 2. The molecule has 0 spiro atoms. The maximum absolute atomic E-state index is 9.36. The van der Waals surface area contributed by atoms with E-state index in [1.54, 1.807) is 0 Å². The van der Waals surface area contributed by atoms with Gasteiger partial charge in [0.05, 0.1) is 18.8 Å². The van der Waals surface area contributed by atoms with E-state index < -0.39 is 0 Å². The van der Waals surface area contributed by atoms with Crippen molar-refractivity contribution in [2.75, 3.05) is 20.3 Å². The van der Waals surface area contributed by atoms with Crippen LogP contribution in [-0.4, -0.2) is 25.4 Å². The minimum Gasteiger partial charge on any atom is -0.494 e. The van der Waals surface area contributed by atoms with E-state index in [2.05, 4.69) is 12.2 Å². The Bertz CT molecular complexity index is 304. The molecule has 3 heteroatoms. The molecule has 2 N–H and O–H groups in total. The highest BCUT2D eigenvalue weighted by molar-refractivity contribution is 5.31. The van der Waals surface area contributed by atoms with Crippen LogP contribution in [0.15, 0.2) is 24.3 Å². The third kappa shape index (κ3) is 2.97. The molecular formula is C13H21NO2. The lowest BCUT2D eigenvalue weighted by Gasteiger charge is -2.27. The smallest absolute Gasteiger partial charge is 0.119 e. The largest absolute Gasteiger partial charge is 0.494 e. The first-order chi connectivity index (χ1) is 7.66. The van der Waals surface area contributed by atoms with Gasteiger partial charge in [0.2, 0.25) is 0 Å². The van der Waals surface area contributed by atoms with E-state index in [-0.39, 0.29) is 12.1 Å². The Labute approximate surface area is 97.4 Å². The predicted octanol–water partition coefficient (Wildman–Crippen LogP) is 1.90. The zero-order valence-corrected chi connectivity index (χ0v) is 10.3. The van der Waals surface area contributed by atoms with Gasteiger partial charge >= 0.3 is 0 Å². The van der Waals surface area contributed by atoms with Crippen LogP contribution < -0.4 is 10.1 Å². The minimum atomic E-state index is -0.386. The fourth-order valence-corrected chi connectivity index (χ4v) is 1.45. The van der Waals surface area contributed by atoms with Crippen molar-refractivity contribution in [1.82, 2.24) is 5.32 Å². The zero-order chi connectivity index (χ0) is 12.0. The highest BCUT2D eigenvalue weighted by Gasteiger charge is 2.22. The van der Waals surface area contributed by atoms with Gasteiger partial charge in [0, 0.05) is 0 Å². The van der Waals surface area contributed by atoms with Crippen molar-refractivity contribution >= 4 is 0 Å². The van der Waals surface area contributed by atoms with E-state index in [4.69, 9.17) is 4.74 Å². The quantitative estimate of drug-likeness (QED) is 0.774. The van der Waals surface area contributed by atoms with Gasteiger partial charge in [-0.1, -0.05) is 19.1 Å². The monoisotopic (exact) mass is 223 g/mol. The van der Waals surface area contributed by atoms with Crippen molar-refractivity contribution in [3.05, 3.63) is 29.8 Å². The molecule has 0 fully saturated rings. The molecule has 0 saturated heterocycles. The van der Waals surface area contributed by atoms with E-state index in [0.29, 0.717) is 0 Å². The lowest BCUT2D eigenvalue weighted by molar-refractivity contribution is 0.183. The van der Waals surface area contributed by atoms with Crippen molar-refractivity contribution < 1.29 is 9.84 Å². The molecule has 1 rings (SSSR count). The van der Waals surface area contributed by atoms with Crippen LogP contribution in [0.2, 0.25) is 0 Å². The molecule has 1 unspecified atom stereocenters. The molecule has 1 aromatic carbocycles. The van der Waals surface area contributed by atoms with Crippen LogP contribution in [0, 0.1) is 0 Å². The molecule has 0 saturated carbocycles. The second kappa shape index (κ2) is 5.87. The summed E-state index contributed by atoms with van der Waals surface area (Å²) in [5.74, 6) is 0.877. The molecule has 1 atom stereocenters. The average molecular weight is 223 g/mol. The summed E-state index contributed by atoms with van der Waals surface area (Å²) in [6.45, 7) is 4.86. The van der Waals surface area contributed by atoms with Gasteiger partial charge in [-0.05, 0) is 38.1 Å². The molecule has 0 amide bonds. The number of rotatable bonds is 6. The molecule has 16 heavy (non-hydrogen) atoms. The van der Waals surface area contributed by atoms with Crippen LogP contribution in [0.25, 0.3) is 0 Å². The molecule has 0 heterocycles. The Kier molecular flexibility index (Phi) is 4.77. The maximum atomic E-state index is 9.36. The first-order valence-corrected chi connectivity index (χ1v) is 5.69. The Morgan fingerprint density at radius 2 is 1.94 bits per heavy atom. The summed E-state index contributed by atoms with van der Waals surface area (Å²) in [7, 11) is 1.84. The number of nitrogens with one attached hydrogen (secondary N) is 1. The van der Waals surface area contributed by atoms with Gasteiger partial charge in [-0.2, -0.15) is 0 Å². The molecule has 90 valence electrons. The van der Waals surface area contributed by atoms with Crippen molar-refractivity contribution in [2.45, 2.75) is 25.8 Å². The average Bonchev–Trinajstić information content (AvgIpc) is 2.36. The Morgan fingerprint density at radius 1 is 1.31 bits per heavy atom. The Morgan fingerprint density at radius 3 is 2.38 bits per heavy atom. The Balaban J connectivity index is 2.77. The summed E-state index contributed by atoms with van der Waals surface area (Å²) < 4.78 is 5.51. The van der Waals surface area contributed by atoms with Crippen molar-refractivity contribution in [2.24, 2.45) is 0 Å². The molecule has 0 radical (unpaired) electrons. The Hall–Kier alpha value is -1.06. The maximum Gasteiger partial charge on any atom is 0.119 e. The SMILES string of the molecule is CCCOc1ccc(C(C)(CO)NC)cc1. The summed E-state index contributed by atoms with van der Waals surface area (Å²) in [6, 6.07) is 7.85. The van der Waals surface area contributed by atoms with E-state index in [1.165, 1.54) is 0 Å². The molecule has 1 aromatic rings. The van der Waals surface area contributed by atoms with Gasteiger partial charge in [0.15, 0.2) is 0 Å². The summed E-state index contributed by atoms with van der Waals surface area (Å²) >= 11 is 0. The molecule has 0 aliphatic carbocycles. The molecule has 0 aromatic heterocycles. The van der Waals surface area contributed by atoms with Crippen molar-refractivity contribution in [1.29, 1.82) is 0 Å². The molecular weight excluding hydrogens is 202 g/mol. The van der Waals surface area contributed by atoms with Crippen LogP contribution in [0.4, 0.5) is 0 Å². The normalized spacial score (nSPS) is 14.5. The van der Waals surface area contributed by atoms with Gasteiger partial charge in [-0.3, -0.25) is 0 Å². The van der Waals surface area contributed by atoms with E-state index >= 15 is 0 Å².